The first kappa shape index (κ1) is 31.8. The highest BCUT2D eigenvalue weighted by molar-refractivity contribution is 9.09. The van der Waals surface area contributed by atoms with Gasteiger partial charge < -0.3 is 29.4 Å². The second kappa shape index (κ2) is 17.1. The first-order valence-corrected chi connectivity index (χ1v) is 15.0. The number of nitrogen functional groups attached to an aromatic ring is 1. The fraction of sp³-hybridized carbons (Fsp3) is 0.433. The first-order valence-electron chi connectivity index (χ1n) is 13.9. The van der Waals surface area contributed by atoms with Gasteiger partial charge in [-0.3, -0.25) is 4.90 Å². The highest BCUT2D eigenvalue weighted by Crippen LogP contribution is 2.34. The number of likely N-dealkylation sites (tertiary alicyclic amines) is 1. The zero-order chi connectivity index (χ0) is 29.6. The monoisotopic (exact) mass is 642 g/mol. The van der Waals surface area contributed by atoms with Crippen molar-refractivity contribution in [2.75, 3.05) is 84.6 Å². The van der Waals surface area contributed by atoms with Crippen molar-refractivity contribution in [1.82, 2.24) is 24.6 Å². The van der Waals surface area contributed by atoms with E-state index in [-0.39, 0.29) is 6.04 Å². The van der Waals surface area contributed by atoms with Gasteiger partial charge in [0.1, 0.15) is 29.3 Å². The van der Waals surface area contributed by atoms with E-state index in [0.717, 1.165) is 65.4 Å². The van der Waals surface area contributed by atoms with Crippen LogP contribution in [-0.4, -0.2) is 103 Å². The van der Waals surface area contributed by atoms with Crippen molar-refractivity contribution >= 4 is 32.8 Å². The van der Waals surface area contributed by atoms with Crippen LogP contribution in [0.2, 0.25) is 0 Å². The number of fused-ring (bicyclic) bond motifs is 1. The van der Waals surface area contributed by atoms with Crippen molar-refractivity contribution in [3.63, 3.8) is 0 Å². The van der Waals surface area contributed by atoms with E-state index in [2.05, 4.69) is 30.8 Å². The third kappa shape index (κ3) is 8.93. The Balaban J connectivity index is 0.000000446. The molecule has 42 heavy (non-hydrogen) atoms. The largest absolute Gasteiger partial charge is 0.457 e. The summed E-state index contributed by atoms with van der Waals surface area (Å²) in [5.74, 6) is 1.98. The lowest BCUT2D eigenvalue weighted by Crippen LogP contribution is -2.49. The van der Waals surface area contributed by atoms with Crippen molar-refractivity contribution in [3.05, 3.63) is 60.9 Å². The molecule has 0 aliphatic carbocycles. The lowest BCUT2D eigenvalue weighted by molar-refractivity contribution is 0.0299. The molecule has 0 spiro atoms. The van der Waals surface area contributed by atoms with Gasteiger partial charge in [0.05, 0.1) is 51.1 Å². The Hall–Kier alpha value is -3.13. The van der Waals surface area contributed by atoms with E-state index in [1.165, 1.54) is 6.33 Å². The predicted molar refractivity (Wildman–Crippen MR) is 166 cm³/mol. The van der Waals surface area contributed by atoms with Crippen LogP contribution in [-0.2, 0) is 18.9 Å². The molecular weight excluding hydrogens is 604 g/mol. The molecule has 2 aromatic heterocycles. The number of anilines is 1. The average molecular weight is 644 g/mol. The molecule has 226 valence electrons. The second-order valence-electron chi connectivity index (χ2n) is 9.50. The highest BCUT2D eigenvalue weighted by Gasteiger charge is 2.31. The number of benzene rings is 2. The molecule has 0 unspecified atom stereocenters. The molecule has 1 fully saturated rings. The van der Waals surface area contributed by atoms with E-state index in [4.69, 9.17) is 34.5 Å². The number of para-hydroxylation sites is 1. The smallest absolute Gasteiger partial charge is 0.164 e. The van der Waals surface area contributed by atoms with Gasteiger partial charge in [-0.1, -0.05) is 34.1 Å². The van der Waals surface area contributed by atoms with Crippen LogP contribution in [0.4, 0.5) is 5.82 Å². The van der Waals surface area contributed by atoms with Crippen LogP contribution < -0.4 is 10.5 Å². The van der Waals surface area contributed by atoms with Crippen molar-refractivity contribution in [2.24, 2.45) is 0 Å². The van der Waals surface area contributed by atoms with Crippen molar-refractivity contribution in [3.8, 4) is 22.8 Å². The number of nitrogens with two attached hydrogens (primary N) is 1. The molecule has 0 radical (unpaired) electrons. The summed E-state index contributed by atoms with van der Waals surface area (Å²) in [5, 5.41) is 6.61. The van der Waals surface area contributed by atoms with Crippen LogP contribution in [0.1, 0.15) is 6.04 Å². The molecular formula is C30H39BrN6O5. The minimum Gasteiger partial charge on any atom is -0.457 e. The number of alkyl halides is 1. The maximum absolute atomic E-state index is 6.27. The molecule has 1 aliphatic heterocycles. The first-order chi connectivity index (χ1) is 20.6. The molecule has 2 N–H and O–H groups in total. The van der Waals surface area contributed by atoms with Crippen LogP contribution in [0.3, 0.4) is 0 Å². The summed E-state index contributed by atoms with van der Waals surface area (Å²) in [6, 6.07) is 17.8. The molecule has 1 saturated heterocycles. The Labute approximate surface area is 255 Å². The Morgan fingerprint density at radius 1 is 0.833 bits per heavy atom. The van der Waals surface area contributed by atoms with E-state index in [9.17, 15) is 0 Å². The number of halogens is 1. The van der Waals surface area contributed by atoms with Gasteiger partial charge in [-0.2, -0.15) is 5.10 Å². The lowest BCUT2D eigenvalue weighted by Gasteiger charge is -2.39. The third-order valence-electron chi connectivity index (χ3n) is 6.55. The maximum Gasteiger partial charge on any atom is 0.164 e. The minimum atomic E-state index is 0.227. The van der Waals surface area contributed by atoms with Gasteiger partial charge in [0.2, 0.25) is 0 Å². The zero-order valence-corrected chi connectivity index (χ0v) is 25.7. The van der Waals surface area contributed by atoms with Crippen LogP contribution in [0.25, 0.3) is 22.3 Å². The summed E-state index contributed by atoms with van der Waals surface area (Å²) in [4.78, 5) is 11.1. The molecule has 0 bridgehead atoms. The molecule has 0 saturated carbocycles. The molecule has 4 aromatic rings. The molecule has 2 aromatic carbocycles. The minimum absolute atomic E-state index is 0.227. The number of aromatic nitrogens is 4. The molecule has 11 nitrogen and oxygen atoms in total. The van der Waals surface area contributed by atoms with Crippen LogP contribution in [0, 0.1) is 0 Å². The standard InChI is InChI=1S/C25H28N6O3.C5H11BrO2/c1-32-13-14-33-12-11-30-15-19(16-30)31-25-22(24(26)27-17-28-25)23(29-31)18-7-9-21(10-8-18)34-20-5-3-2-4-6-20;1-7-4-5-8-3-2-6/h2-10,17,19H,11-16H2,1H3,(H2,26,27,28);2-5H2,1H3. The van der Waals surface area contributed by atoms with Gasteiger partial charge in [-0.25, -0.2) is 14.6 Å². The number of rotatable bonds is 15. The van der Waals surface area contributed by atoms with Gasteiger partial charge >= 0.3 is 0 Å². The summed E-state index contributed by atoms with van der Waals surface area (Å²) in [6.07, 6.45) is 1.50. The lowest BCUT2D eigenvalue weighted by atomic mass is 10.1. The summed E-state index contributed by atoms with van der Waals surface area (Å²) < 4.78 is 28.3. The Morgan fingerprint density at radius 3 is 2.17 bits per heavy atom. The molecule has 3 heterocycles. The zero-order valence-electron chi connectivity index (χ0n) is 24.2. The SMILES string of the molecule is COCCOCCBr.COCCOCCN1CC(n2nc(-c3ccc(Oc4ccccc4)cc3)c3c(N)ncnc32)C1. The van der Waals surface area contributed by atoms with Gasteiger partial charge in [0.25, 0.3) is 0 Å². The fourth-order valence-electron chi connectivity index (χ4n) is 4.37. The summed E-state index contributed by atoms with van der Waals surface area (Å²) in [6.45, 7) is 6.73. The van der Waals surface area contributed by atoms with E-state index < -0.39 is 0 Å². The topological polar surface area (TPSA) is 119 Å². The predicted octanol–water partition coefficient (Wildman–Crippen LogP) is 4.43. The normalized spacial score (nSPS) is 13.5. The molecule has 12 heteroatoms. The number of hydrogen-bond donors (Lipinski definition) is 1. The number of ether oxygens (including phenoxy) is 5. The van der Waals surface area contributed by atoms with Crippen molar-refractivity contribution < 1.29 is 23.7 Å². The Kier molecular flexibility index (Phi) is 12.9. The van der Waals surface area contributed by atoms with Gasteiger partial charge in [0.15, 0.2) is 5.65 Å². The number of methoxy groups -OCH3 is 2. The Morgan fingerprint density at radius 2 is 1.50 bits per heavy atom. The van der Waals surface area contributed by atoms with Crippen LogP contribution >= 0.6 is 15.9 Å². The fourth-order valence-corrected chi connectivity index (χ4v) is 4.60. The number of hydrogen-bond acceptors (Lipinski definition) is 10. The highest BCUT2D eigenvalue weighted by atomic mass is 79.9. The molecule has 0 atom stereocenters. The average Bonchev–Trinajstić information content (AvgIpc) is 3.38. The molecule has 0 amide bonds. The van der Waals surface area contributed by atoms with Gasteiger partial charge in [0, 0.05) is 44.7 Å². The molecule has 5 rings (SSSR count). The van der Waals surface area contributed by atoms with Gasteiger partial charge in [-0.15, -0.1) is 0 Å². The maximum atomic E-state index is 6.27. The summed E-state index contributed by atoms with van der Waals surface area (Å²) in [7, 11) is 3.34. The number of nitrogens with zero attached hydrogens (tertiary/aromatic N) is 5. The third-order valence-corrected chi connectivity index (χ3v) is 6.87. The molecule has 1 aliphatic rings. The summed E-state index contributed by atoms with van der Waals surface area (Å²) >= 11 is 3.24. The van der Waals surface area contributed by atoms with Crippen molar-refractivity contribution in [1.29, 1.82) is 0 Å². The summed E-state index contributed by atoms with van der Waals surface area (Å²) in [5.41, 5.74) is 8.74. The van der Waals surface area contributed by atoms with E-state index in [1.807, 2.05) is 59.3 Å². The van der Waals surface area contributed by atoms with Crippen LogP contribution in [0.5, 0.6) is 11.5 Å². The van der Waals surface area contributed by atoms with E-state index >= 15 is 0 Å². The van der Waals surface area contributed by atoms with Crippen molar-refractivity contribution in [2.45, 2.75) is 6.04 Å². The quantitative estimate of drug-likeness (QED) is 0.147. The van der Waals surface area contributed by atoms with E-state index in [1.54, 1.807) is 14.2 Å². The van der Waals surface area contributed by atoms with Crippen LogP contribution in [0.15, 0.2) is 60.9 Å². The Bertz CT molecular complexity index is 1330. The van der Waals surface area contributed by atoms with Gasteiger partial charge in [-0.05, 0) is 36.4 Å². The second-order valence-corrected chi connectivity index (χ2v) is 10.3. The van der Waals surface area contributed by atoms with E-state index in [0.29, 0.717) is 38.9 Å².